The van der Waals surface area contributed by atoms with Gasteiger partial charge in [-0.3, -0.25) is 4.79 Å². The van der Waals surface area contributed by atoms with Crippen molar-refractivity contribution < 1.29 is 22.7 Å². The Hall–Kier alpha value is -2.17. The predicted molar refractivity (Wildman–Crippen MR) is 118 cm³/mol. The summed E-state index contributed by atoms with van der Waals surface area (Å²) in [6, 6.07) is 6.32. The van der Waals surface area contributed by atoms with Gasteiger partial charge >= 0.3 is 6.09 Å². The topological polar surface area (TPSA) is 122 Å². The number of hydrogen-bond acceptors (Lipinski definition) is 6. The summed E-state index contributed by atoms with van der Waals surface area (Å²) in [5, 5.41) is 7.98. The van der Waals surface area contributed by atoms with Crippen molar-refractivity contribution in [3.8, 4) is 0 Å². The maximum Gasteiger partial charge on any atom is 0.409 e. The van der Waals surface area contributed by atoms with Gasteiger partial charge in [0.05, 0.1) is 11.5 Å². The van der Waals surface area contributed by atoms with Gasteiger partial charge in [0.2, 0.25) is 15.9 Å². The van der Waals surface area contributed by atoms with Crippen molar-refractivity contribution in [3.05, 3.63) is 29.8 Å². The van der Waals surface area contributed by atoms with Crippen LogP contribution in [0.25, 0.3) is 0 Å². The van der Waals surface area contributed by atoms with Crippen LogP contribution in [0, 0.1) is 5.92 Å². The minimum Gasteiger partial charge on any atom is -0.449 e. The summed E-state index contributed by atoms with van der Waals surface area (Å²) in [4.78, 5) is 28.3. The quantitative estimate of drug-likeness (QED) is 0.578. The normalized spacial score (nSPS) is 15.5. The highest BCUT2D eigenvalue weighted by Gasteiger charge is 2.20. The fourth-order valence-corrected chi connectivity index (χ4v) is 3.76. The molecule has 0 bridgehead atoms. The summed E-state index contributed by atoms with van der Waals surface area (Å²) < 4.78 is 27.8. The Morgan fingerprint density at radius 1 is 1.13 bits per heavy atom. The molecule has 2 rings (SSSR count). The van der Waals surface area contributed by atoms with E-state index in [2.05, 4.69) is 10.2 Å². The Morgan fingerprint density at radius 2 is 1.84 bits per heavy atom. The Kier molecular flexibility index (Phi) is 9.73. The number of sulfonamides is 1. The number of amides is 2. The summed E-state index contributed by atoms with van der Waals surface area (Å²) in [6.45, 7) is 8.40. The Labute approximate surface area is 185 Å². The smallest absolute Gasteiger partial charge is 0.409 e. The molecule has 0 aliphatic carbocycles. The highest BCUT2D eigenvalue weighted by atomic mass is 32.2. The number of primary sulfonamides is 1. The molecule has 0 radical (unpaired) electrons. The third-order valence-electron chi connectivity index (χ3n) is 5.03. The molecule has 1 saturated heterocycles. The lowest BCUT2D eigenvalue weighted by molar-refractivity contribution is -0.121. The first-order valence-corrected chi connectivity index (χ1v) is 12.2. The van der Waals surface area contributed by atoms with Gasteiger partial charge in [0, 0.05) is 39.1 Å². The van der Waals surface area contributed by atoms with Crippen molar-refractivity contribution >= 4 is 22.0 Å². The number of benzene rings is 1. The number of nitrogens with two attached hydrogens (primary N) is 1. The van der Waals surface area contributed by atoms with Crippen LogP contribution in [-0.2, 0) is 26.0 Å². The van der Waals surface area contributed by atoms with E-state index in [1.165, 1.54) is 12.1 Å². The van der Waals surface area contributed by atoms with Crippen LogP contribution in [0.15, 0.2) is 29.2 Å². The van der Waals surface area contributed by atoms with Gasteiger partial charge in [-0.1, -0.05) is 26.0 Å². The molecule has 1 fully saturated rings. The van der Waals surface area contributed by atoms with Crippen LogP contribution in [-0.4, -0.2) is 76.1 Å². The SMILES string of the molecule is CC(C)COC(=O)N1CCCN(CCC(=O)NCCc2ccc(S(N)(=O)=O)cc2)CC1. The molecule has 2 amide bonds. The zero-order chi connectivity index (χ0) is 22.9. The fourth-order valence-electron chi connectivity index (χ4n) is 3.25. The van der Waals surface area contributed by atoms with E-state index in [1.54, 1.807) is 17.0 Å². The van der Waals surface area contributed by atoms with Crippen molar-refractivity contribution in [2.45, 2.75) is 38.0 Å². The zero-order valence-corrected chi connectivity index (χ0v) is 19.2. The second-order valence-corrected chi connectivity index (χ2v) is 9.75. The van der Waals surface area contributed by atoms with Crippen molar-refractivity contribution in [2.75, 3.05) is 45.9 Å². The Balaban J connectivity index is 1.65. The number of rotatable bonds is 9. The lowest BCUT2D eigenvalue weighted by Gasteiger charge is -2.22. The van der Waals surface area contributed by atoms with Gasteiger partial charge < -0.3 is 19.9 Å². The summed E-state index contributed by atoms with van der Waals surface area (Å²) in [7, 11) is -3.69. The minimum atomic E-state index is -3.69. The molecule has 1 aliphatic heterocycles. The van der Waals surface area contributed by atoms with Crippen LogP contribution in [0.1, 0.15) is 32.3 Å². The number of nitrogens with zero attached hydrogens (tertiary/aromatic N) is 2. The minimum absolute atomic E-state index is 0.0291. The first kappa shape index (κ1) is 25.1. The molecule has 0 aromatic heterocycles. The molecule has 1 aromatic carbocycles. The lowest BCUT2D eigenvalue weighted by Crippen LogP contribution is -2.37. The summed E-state index contributed by atoms with van der Waals surface area (Å²) in [6.07, 6.45) is 1.59. The Bertz CT molecular complexity index is 827. The molecule has 0 unspecified atom stereocenters. The molecule has 9 nitrogen and oxygen atoms in total. The van der Waals surface area contributed by atoms with Crippen molar-refractivity contribution in [3.63, 3.8) is 0 Å². The molecule has 0 spiro atoms. The van der Waals surface area contributed by atoms with Gasteiger partial charge in [0.1, 0.15) is 0 Å². The van der Waals surface area contributed by atoms with E-state index in [4.69, 9.17) is 9.88 Å². The molecule has 0 atom stereocenters. The molecular weight excluding hydrogens is 420 g/mol. The van der Waals surface area contributed by atoms with Crippen LogP contribution in [0.3, 0.4) is 0 Å². The van der Waals surface area contributed by atoms with Crippen LogP contribution < -0.4 is 10.5 Å². The highest BCUT2D eigenvalue weighted by Crippen LogP contribution is 2.09. The molecule has 174 valence electrons. The van der Waals surface area contributed by atoms with Gasteiger partial charge in [-0.25, -0.2) is 18.4 Å². The van der Waals surface area contributed by atoms with E-state index < -0.39 is 10.0 Å². The van der Waals surface area contributed by atoms with E-state index in [9.17, 15) is 18.0 Å². The molecule has 0 saturated carbocycles. The number of hydrogen-bond donors (Lipinski definition) is 2. The number of carbonyl (C=O) groups excluding carboxylic acids is 2. The maximum absolute atomic E-state index is 12.2. The van der Waals surface area contributed by atoms with Crippen molar-refractivity contribution in [2.24, 2.45) is 11.1 Å². The van der Waals surface area contributed by atoms with Crippen molar-refractivity contribution in [1.29, 1.82) is 0 Å². The van der Waals surface area contributed by atoms with E-state index >= 15 is 0 Å². The molecule has 1 heterocycles. The number of carbonyl (C=O) groups is 2. The highest BCUT2D eigenvalue weighted by molar-refractivity contribution is 7.89. The van der Waals surface area contributed by atoms with Crippen LogP contribution in [0.4, 0.5) is 4.79 Å². The van der Waals surface area contributed by atoms with E-state index in [0.717, 1.165) is 25.1 Å². The number of ether oxygens (including phenoxy) is 1. The zero-order valence-electron chi connectivity index (χ0n) is 18.4. The molecular formula is C21H34N4O5S. The van der Waals surface area contributed by atoms with Crippen molar-refractivity contribution in [1.82, 2.24) is 15.1 Å². The summed E-state index contributed by atoms with van der Waals surface area (Å²) in [5.41, 5.74) is 0.921. The molecule has 1 aromatic rings. The van der Waals surface area contributed by atoms with E-state index in [1.807, 2.05) is 13.8 Å². The predicted octanol–water partition coefficient (Wildman–Crippen LogP) is 1.18. The van der Waals surface area contributed by atoms with Gasteiger partial charge in [0.25, 0.3) is 0 Å². The van der Waals surface area contributed by atoms with Crippen LogP contribution >= 0.6 is 0 Å². The van der Waals surface area contributed by atoms with Gasteiger partial charge in [-0.05, 0) is 43.0 Å². The third-order valence-corrected chi connectivity index (χ3v) is 5.96. The average molecular weight is 455 g/mol. The van der Waals surface area contributed by atoms with E-state index in [0.29, 0.717) is 51.5 Å². The van der Waals surface area contributed by atoms with Gasteiger partial charge in [0.15, 0.2) is 0 Å². The van der Waals surface area contributed by atoms with Crippen LogP contribution in [0.5, 0.6) is 0 Å². The molecule has 1 aliphatic rings. The summed E-state index contributed by atoms with van der Waals surface area (Å²) >= 11 is 0. The molecule has 3 N–H and O–H groups in total. The largest absolute Gasteiger partial charge is 0.449 e. The van der Waals surface area contributed by atoms with Crippen LogP contribution in [0.2, 0.25) is 0 Å². The second kappa shape index (κ2) is 12.0. The van der Waals surface area contributed by atoms with Gasteiger partial charge in [-0.2, -0.15) is 0 Å². The standard InChI is InChI=1S/C21H34N4O5S/c1-17(2)16-30-21(27)25-12-3-11-24(14-15-25)13-9-20(26)23-10-8-18-4-6-19(7-5-18)31(22,28)29/h4-7,17H,3,8-16H2,1-2H3,(H,23,26)(H2,22,28,29). The van der Waals surface area contributed by atoms with E-state index in [-0.39, 0.29) is 16.9 Å². The Morgan fingerprint density at radius 3 is 2.48 bits per heavy atom. The lowest BCUT2D eigenvalue weighted by atomic mass is 10.1. The fraction of sp³-hybridized carbons (Fsp3) is 0.619. The summed E-state index contributed by atoms with van der Waals surface area (Å²) in [5.74, 6) is 0.283. The first-order chi connectivity index (χ1) is 14.6. The van der Waals surface area contributed by atoms with Gasteiger partial charge in [-0.15, -0.1) is 0 Å². The average Bonchev–Trinajstić information content (AvgIpc) is 2.96. The molecule has 31 heavy (non-hydrogen) atoms. The third kappa shape index (κ3) is 9.24. The molecule has 10 heteroatoms. The number of nitrogens with one attached hydrogen (secondary N) is 1. The maximum atomic E-state index is 12.2. The first-order valence-electron chi connectivity index (χ1n) is 10.7. The second-order valence-electron chi connectivity index (χ2n) is 8.19. The monoisotopic (exact) mass is 454 g/mol.